The number of carbonyl (C=O) groups excluding carboxylic acids is 1. The third kappa shape index (κ3) is 3.71. The van der Waals surface area contributed by atoms with E-state index in [9.17, 15) is 4.79 Å². The van der Waals surface area contributed by atoms with Crippen LogP contribution in [0, 0.1) is 0 Å². The summed E-state index contributed by atoms with van der Waals surface area (Å²) in [4.78, 5) is 16.7. The minimum absolute atomic E-state index is 0.134. The Labute approximate surface area is 121 Å². The van der Waals surface area contributed by atoms with Crippen molar-refractivity contribution in [1.82, 2.24) is 15.1 Å². The molecule has 2 aliphatic heterocycles. The third-order valence-electron chi connectivity index (χ3n) is 4.98. The van der Waals surface area contributed by atoms with E-state index in [-0.39, 0.29) is 11.9 Å². The number of primary amides is 1. The zero-order valence-corrected chi connectivity index (χ0v) is 12.4. The van der Waals surface area contributed by atoms with Crippen molar-refractivity contribution in [2.24, 2.45) is 5.73 Å². The summed E-state index contributed by atoms with van der Waals surface area (Å²) >= 11 is 0. The van der Waals surface area contributed by atoms with Crippen LogP contribution in [0.3, 0.4) is 0 Å². The second-order valence-corrected chi connectivity index (χ2v) is 6.67. The molecule has 0 radical (unpaired) electrons. The SMILES string of the molecule is NC(=O)C(CCN1CCCN2CCCC2C1)NC1CC1. The Balaban J connectivity index is 1.47. The summed E-state index contributed by atoms with van der Waals surface area (Å²) < 4.78 is 0. The molecule has 0 aromatic heterocycles. The van der Waals surface area contributed by atoms with Gasteiger partial charge in [-0.1, -0.05) is 0 Å². The van der Waals surface area contributed by atoms with Crippen LogP contribution >= 0.6 is 0 Å². The quantitative estimate of drug-likeness (QED) is 0.727. The van der Waals surface area contributed by atoms with Crippen LogP contribution in [0.25, 0.3) is 0 Å². The third-order valence-corrected chi connectivity index (χ3v) is 4.98. The summed E-state index contributed by atoms with van der Waals surface area (Å²) in [6.07, 6.45) is 7.21. The van der Waals surface area contributed by atoms with Crippen LogP contribution in [0.4, 0.5) is 0 Å². The number of carbonyl (C=O) groups is 1. The Morgan fingerprint density at radius 2 is 2.00 bits per heavy atom. The van der Waals surface area contributed by atoms with Gasteiger partial charge in [-0.25, -0.2) is 0 Å². The molecule has 1 saturated carbocycles. The van der Waals surface area contributed by atoms with Crippen LogP contribution in [-0.2, 0) is 4.79 Å². The molecule has 0 aromatic carbocycles. The van der Waals surface area contributed by atoms with Crippen LogP contribution in [0.1, 0.15) is 38.5 Å². The fourth-order valence-corrected chi connectivity index (χ4v) is 3.64. The maximum atomic E-state index is 11.5. The summed E-state index contributed by atoms with van der Waals surface area (Å²) in [6.45, 7) is 5.88. The van der Waals surface area contributed by atoms with Gasteiger partial charge in [0.2, 0.25) is 5.91 Å². The number of hydrogen-bond donors (Lipinski definition) is 2. The van der Waals surface area contributed by atoms with Crippen LogP contribution in [0.5, 0.6) is 0 Å². The largest absolute Gasteiger partial charge is 0.368 e. The Bertz CT molecular complexity index is 345. The Kier molecular flexibility index (Phi) is 4.58. The summed E-state index contributed by atoms with van der Waals surface area (Å²) in [7, 11) is 0. The number of nitrogens with two attached hydrogens (primary N) is 1. The Hall–Kier alpha value is -0.650. The number of nitrogens with zero attached hydrogens (tertiary/aromatic N) is 2. The van der Waals surface area contributed by atoms with Gasteiger partial charge < -0.3 is 16.0 Å². The highest BCUT2D eigenvalue weighted by Crippen LogP contribution is 2.22. The molecule has 3 aliphatic rings. The van der Waals surface area contributed by atoms with Crippen LogP contribution < -0.4 is 11.1 Å². The Morgan fingerprint density at radius 3 is 2.75 bits per heavy atom. The van der Waals surface area contributed by atoms with Gasteiger partial charge in [0.1, 0.15) is 0 Å². The number of amides is 1. The van der Waals surface area contributed by atoms with Crippen LogP contribution in [0.15, 0.2) is 0 Å². The molecule has 1 amide bonds. The lowest BCUT2D eigenvalue weighted by atomic mass is 10.1. The molecule has 114 valence electrons. The van der Waals surface area contributed by atoms with Gasteiger partial charge in [0.25, 0.3) is 0 Å². The molecule has 3 N–H and O–H groups in total. The van der Waals surface area contributed by atoms with Gasteiger partial charge in [-0.2, -0.15) is 0 Å². The van der Waals surface area contributed by atoms with Crippen molar-refractivity contribution in [2.45, 2.75) is 56.7 Å². The fourth-order valence-electron chi connectivity index (χ4n) is 3.64. The zero-order valence-electron chi connectivity index (χ0n) is 12.4. The molecule has 5 nitrogen and oxygen atoms in total. The van der Waals surface area contributed by atoms with Crippen molar-refractivity contribution in [3.63, 3.8) is 0 Å². The second-order valence-electron chi connectivity index (χ2n) is 6.67. The van der Waals surface area contributed by atoms with E-state index in [4.69, 9.17) is 5.73 Å². The predicted molar refractivity (Wildman–Crippen MR) is 79.4 cm³/mol. The molecule has 20 heavy (non-hydrogen) atoms. The molecular weight excluding hydrogens is 252 g/mol. The number of fused-ring (bicyclic) bond motifs is 1. The number of hydrogen-bond acceptors (Lipinski definition) is 4. The lowest BCUT2D eigenvalue weighted by Crippen LogP contribution is -2.45. The van der Waals surface area contributed by atoms with E-state index in [0.717, 1.165) is 19.0 Å². The second kappa shape index (κ2) is 6.41. The van der Waals surface area contributed by atoms with Crippen molar-refractivity contribution in [1.29, 1.82) is 0 Å². The van der Waals surface area contributed by atoms with Crippen molar-refractivity contribution >= 4 is 5.91 Å². The van der Waals surface area contributed by atoms with Gasteiger partial charge in [-0.15, -0.1) is 0 Å². The predicted octanol–water partition coefficient (Wildman–Crippen LogP) is 0.153. The molecule has 3 rings (SSSR count). The molecule has 2 atom stereocenters. The number of nitrogens with one attached hydrogen (secondary N) is 1. The first-order valence-corrected chi connectivity index (χ1v) is 8.24. The first-order chi connectivity index (χ1) is 9.72. The van der Waals surface area contributed by atoms with E-state index >= 15 is 0 Å². The monoisotopic (exact) mass is 280 g/mol. The molecule has 5 heteroatoms. The van der Waals surface area contributed by atoms with Crippen LogP contribution in [0.2, 0.25) is 0 Å². The number of rotatable bonds is 6. The first kappa shape index (κ1) is 14.3. The van der Waals surface area contributed by atoms with Gasteiger partial charge in [0.15, 0.2) is 0 Å². The van der Waals surface area contributed by atoms with Crippen molar-refractivity contribution in [3.05, 3.63) is 0 Å². The van der Waals surface area contributed by atoms with E-state index in [1.165, 1.54) is 58.3 Å². The highest BCUT2D eigenvalue weighted by molar-refractivity contribution is 5.79. The average molecular weight is 280 g/mol. The normalized spacial score (nSPS) is 29.9. The lowest BCUT2D eigenvalue weighted by molar-refractivity contribution is -0.120. The maximum absolute atomic E-state index is 11.5. The molecule has 0 bridgehead atoms. The smallest absolute Gasteiger partial charge is 0.234 e. The zero-order chi connectivity index (χ0) is 13.9. The molecule has 2 saturated heterocycles. The molecule has 2 heterocycles. The minimum Gasteiger partial charge on any atom is -0.368 e. The van der Waals surface area contributed by atoms with E-state index in [2.05, 4.69) is 15.1 Å². The van der Waals surface area contributed by atoms with Crippen molar-refractivity contribution < 1.29 is 4.79 Å². The molecule has 1 aliphatic carbocycles. The van der Waals surface area contributed by atoms with Crippen LogP contribution in [-0.4, -0.2) is 66.6 Å². The summed E-state index contributed by atoms with van der Waals surface area (Å²) in [6, 6.07) is 1.16. The van der Waals surface area contributed by atoms with E-state index in [0.29, 0.717) is 6.04 Å². The summed E-state index contributed by atoms with van der Waals surface area (Å²) in [5.41, 5.74) is 5.52. The van der Waals surface area contributed by atoms with E-state index in [1.54, 1.807) is 0 Å². The van der Waals surface area contributed by atoms with Gasteiger partial charge in [0.05, 0.1) is 6.04 Å². The topological polar surface area (TPSA) is 61.6 Å². The molecule has 0 aromatic rings. The summed E-state index contributed by atoms with van der Waals surface area (Å²) in [5.74, 6) is -0.186. The van der Waals surface area contributed by atoms with Crippen molar-refractivity contribution in [2.75, 3.05) is 32.7 Å². The van der Waals surface area contributed by atoms with E-state index in [1.807, 2.05) is 0 Å². The lowest BCUT2D eigenvalue weighted by Gasteiger charge is -2.26. The molecule has 3 fully saturated rings. The maximum Gasteiger partial charge on any atom is 0.234 e. The van der Waals surface area contributed by atoms with Gasteiger partial charge >= 0.3 is 0 Å². The minimum atomic E-state index is -0.186. The first-order valence-electron chi connectivity index (χ1n) is 8.24. The highest BCUT2D eigenvalue weighted by atomic mass is 16.1. The fraction of sp³-hybridized carbons (Fsp3) is 0.933. The van der Waals surface area contributed by atoms with Gasteiger partial charge in [0, 0.05) is 25.2 Å². The van der Waals surface area contributed by atoms with E-state index < -0.39 is 0 Å². The van der Waals surface area contributed by atoms with Gasteiger partial charge in [-0.3, -0.25) is 9.69 Å². The molecule has 0 spiro atoms. The Morgan fingerprint density at radius 1 is 1.20 bits per heavy atom. The summed E-state index contributed by atoms with van der Waals surface area (Å²) in [5, 5.41) is 3.38. The molecule has 2 unspecified atom stereocenters. The highest BCUT2D eigenvalue weighted by Gasteiger charge is 2.30. The molecular formula is C15H28N4O. The average Bonchev–Trinajstić information content (AvgIpc) is 3.18. The standard InChI is InChI=1S/C15H28N4O/c16-15(20)14(17-12-4-5-12)6-10-18-7-2-9-19-8-1-3-13(19)11-18/h12-14,17H,1-11H2,(H2,16,20). The van der Waals surface area contributed by atoms with Gasteiger partial charge in [-0.05, 0) is 58.2 Å². The van der Waals surface area contributed by atoms with Crippen molar-refractivity contribution in [3.8, 4) is 0 Å².